The molecule has 5 heteroatoms. The zero-order chi connectivity index (χ0) is 13.7. The number of fused-ring (bicyclic) bond motifs is 1. The second-order valence-electron chi connectivity index (χ2n) is 6.38. The predicted octanol–water partition coefficient (Wildman–Crippen LogP) is 1.16. The van der Waals surface area contributed by atoms with Crippen molar-refractivity contribution >= 4 is 5.91 Å². The monoisotopic (exact) mass is 274 g/mol. The lowest BCUT2D eigenvalue weighted by Crippen LogP contribution is -2.48. The van der Waals surface area contributed by atoms with Gasteiger partial charge in [0, 0.05) is 31.9 Å². The SMILES string of the molecule is Cc1cn2c(n1)CN(C1CCN(C3CCC3)C1=O)CC2. The normalized spacial score (nSPS) is 27.8. The number of carbonyl (C=O) groups is 1. The second kappa shape index (κ2) is 4.58. The average molecular weight is 274 g/mol. The molecular formula is C15H22N4O. The van der Waals surface area contributed by atoms with Gasteiger partial charge in [-0.2, -0.15) is 0 Å². The molecule has 0 aromatic carbocycles. The minimum absolute atomic E-state index is 0.0985. The van der Waals surface area contributed by atoms with E-state index < -0.39 is 0 Å². The Balaban J connectivity index is 1.48. The van der Waals surface area contributed by atoms with Gasteiger partial charge in [0.1, 0.15) is 5.82 Å². The topological polar surface area (TPSA) is 41.4 Å². The molecule has 3 heterocycles. The highest BCUT2D eigenvalue weighted by molar-refractivity contribution is 5.84. The van der Waals surface area contributed by atoms with Crippen LogP contribution in [-0.4, -0.2) is 50.4 Å². The van der Waals surface area contributed by atoms with E-state index in [1.165, 1.54) is 19.3 Å². The van der Waals surface area contributed by atoms with Crippen LogP contribution in [0.4, 0.5) is 0 Å². The molecule has 0 bridgehead atoms. The van der Waals surface area contributed by atoms with E-state index in [1.54, 1.807) is 0 Å². The molecule has 5 nitrogen and oxygen atoms in total. The molecule has 1 aromatic heterocycles. The molecular weight excluding hydrogens is 252 g/mol. The van der Waals surface area contributed by atoms with E-state index in [9.17, 15) is 4.79 Å². The van der Waals surface area contributed by atoms with E-state index >= 15 is 0 Å². The molecule has 20 heavy (non-hydrogen) atoms. The van der Waals surface area contributed by atoms with Crippen LogP contribution in [0.15, 0.2) is 6.20 Å². The minimum atomic E-state index is 0.0985. The third kappa shape index (κ3) is 1.87. The van der Waals surface area contributed by atoms with Gasteiger partial charge in [0.2, 0.25) is 5.91 Å². The summed E-state index contributed by atoms with van der Waals surface area (Å²) in [4.78, 5) is 21.7. The van der Waals surface area contributed by atoms with Gasteiger partial charge in [0.05, 0.1) is 18.3 Å². The molecule has 1 amide bonds. The van der Waals surface area contributed by atoms with Crippen molar-refractivity contribution in [2.24, 2.45) is 0 Å². The Morgan fingerprint density at radius 2 is 2.05 bits per heavy atom. The first kappa shape index (κ1) is 12.4. The van der Waals surface area contributed by atoms with Gasteiger partial charge >= 0.3 is 0 Å². The van der Waals surface area contributed by atoms with E-state index in [4.69, 9.17) is 0 Å². The molecule has 2 fully saturated rings. The van der Waals surface area contributed by atoms with Crippen molar-refractivity contribution in [2.45, 2.75) is 57.8 Å². The minimum Gasteiger partial charge on any atom is -0.338 e. The van der Waals surface area contributed by atoms with Crippen molar-refractivity contribution in [3.05, 3.63) is 17.7 Å². The molecule has 4 rings (SSSR count). The summed E-state index contributed by atoms with van der Waals surface area (Å²) in [7, 11) is 0. The lowest BCUT2D eigenvalue weighted by molar-refractivity contribution is -0.135. The van der Waals surface area contributed by atoms with Gasteiger partial charge in [0.15, 0.2) is 0 Å². The van der Waals surface area contributed by atoms with Gasteiger partial charge in [0.25, 0.3) is 0 Å². The van der Waals surface area contributed by atoms with E-state index in [2.05, 4.69) is 25.5 Å². The van der Waals surface area contributed by atoms with Crippen molar-refractivity contribution in [3.8, 4) is 0 Å². The number of aromatic nitrogens is 2. The molecule has 3 aliphatic rings. The van der Waals surface area contributed by atoms with Crippen LogP contribution in [0.25, 0.3) is 0 Å². The molecule has 1 unspecified atom stereocenters. The third-order valence-electron chi connectivity index (χ3n) is 5.12. The molecule has 0 N–H and O–H groups in total. The van der Waals surface area contributed by atoms with Gasteiger partial charge in [-0.25, -0.2) is 4.98 Å². The fourth-order valence-electron chi connectivity index (χ4n) is 3.77. The predicted molar refractivity (Wildman–Crippen MR) is 75.1 cm³/mol. The molecule has 1 atom stereocenters. The molecule has 1 saturated carbocycles. The number of aryl methyl sites for hydroxylation is 1. The molecule has 108 valence electrons. The number of carbonyl (C=O) groups excluding carboxylic acids is 1. The number of hydrogen-bond acceptors (Lipinski definition) is 3. The van der Waals surface area contributed by atoms with Crippen LogP contribution in [0.1, 0.15) is 37.2 Å². The maximum Gasteiger partial charge on any atom is 0.240 e. The standard InChI is InChI=1S/C15H22N4O/c1-11-9-18-8-7-17(10-14(18)16-11)13-5-6-19(15(13)20)12-3-2-4-12/h9,12-13H,2-8,10H2,1H3. The number of hydrogen-bond donors (Lipinski definition) is 0. The highest BCUT2D eigenvalue weighted by Gasteiger charge is 2.41. The van der Waals surface area contributed by atoms with Crippen LogP contribution in [0, 0.1) is 6.92 Å². The smallest absolute Gasteiger partial charge is 0.240 e. The molecule has 1 aliphatic carbocycles. The highest BCUT2D eigenvalue weighted by Crippen LogP contribution is 2.31. The van der Waals surface area contributed by atoms with Gasteiger partial charge in [-0.1, -0.05) is 0 Å². The van der Waals surface area contributed by atoms with Crippen molar-refractivity contribution in [1.82, 2.24) is 19.4 Å². The summed E-state index contributed by atoms with van der Waals surface area (Å²) in [5, 5.41) is 0. The molecule has 0 radical (unpaired) electrons. The number of imidazole rings is 1. The summed E-state index contributed by atoms with van der Waals surface area (Å²) in [6, 6.07) is 0.642. The van der Waals surface area contributed by atoms with E-state index in [1.807, 2.05) is 6.92 Å². The molecule has 1 aromatic rings. The summed E-state index contributed by atoms with van der Waals surface area (Å²) < 4.78 is 2.23. The average Bonchev–Trinajstić information content (AvgIpc) is 2.90. The second-order valence-corrected chi connectivity index (χ2v) is 6.38. The van der Waals surface area contributed by atoms with E-state index in [-0.39, 0.29) is 6.04 Å². The summed E-state index contributed by atoms with van der Waals surface area (Å²) in [5.41, 5.74) is 1.08. The fraction of sp³-hybridized carbons (Fsp3) is 0.733. The third-order valence-corrected chi connectivity index (χ3v) is 5.12. The summed E-state index contributed by atoms with van der Waals surface area (Å²) >= 11 is 0. The lowest BCUT2D eigenvalue weighted by Gasteiger charge is -2.36. The molecule has 2 aliphatic heterocycles. The van der Waals surface area contributed by atoms with Crippen LogP contribution in [-0.2, 0) is 17.9 Å². The number of amides is 1. The Morgan fingerprint density at radius 1 is 1.20 bits per heavy atom. The van der Waals surface area contributed by atoms with E-state index in [0.717, 1.165) is 44.1 Å². The lowest BCUT2D eigenvalue weighted by atomic mass is 9.92. The maximum absolute atomic E-state index is 12.6. The number of nitrogens with zero attached hydrogens (tertiary/aromatic N) is 4. The Kier molecular flexibility index (Phi) is 2.84. The Labute approximate surface area is 119 Å². The van der Waals surface area contributed by atoms with Crippen LogP contribution in [0.3, 0.4) is 0 Å². The first-order valence-corrected chi connectivity index (χ1v) is 7.79. The molecule has 0 spiro atoms. The number of likely N-dealkylation sites (tertiary alicyclic amines) is 1. The van der Waals surface area contributed by atoms with Gasteiger partial charge in [-0.05, 0) is 32.6 Å². The zero-order valence-corrected chi connectivity index (χ0v) is 12.1. The Hall–Kier alpha value is -1.36. The van der Waals surface area contributed by atoms with Crippen molar-refractivity contribution in [3.63, 3.8) is 0 Å². The summed E-state index contributed by atoms with van der Waals surface area (Å²) in [6.45, 7) is 5.75. The van der Waals surface area contributed by atoms with Crippen LogP contribution in [0.2, 0.25) is 0 Å². The zero-order valence-electron chi connectivity index (χ0n) is 12.1. The summed E-state index contributed by atoms with van der Waals surface area (Å²) in [6.07, 6.45) is 6.82. The Bertz CT molecular complexity index is 534. The van der Waals surface area contributed by atoms with Crippen LogP contribution >= 0.6 is 0 Å². The number of rotatable bonds is 2. The van der Waals surface area contributed by atoms with Gasteiger partial charge in [-0.3, -0.25) is 9.69 Å². The summed E-state index contributed by atoms with van der Waals surface area (Å²) in [5.74, 6) is 1.48. The van der Waals surface area contributed by atoms with Crippen molar-refractivity contribution < 1.29 is 4.79 Å². The highest BCUT2D eigenvalue weighted by atomic mass is 16.2. The van der Waals surface area contributed by atoms with Crippen LogP contribution < -0.4 is 0 Å². The first-order chi connectivity index (χ1) is 9.72. The quantitative estimate of drug-likeness (QED) is 0.812. The van der Waals surface area contributed by atoms with Crippen molar-refractivity contribution in [2.75, 3.05) is 13.1 Å². The van der Waals surface area contributed by atoms with Gasteiger partial charge in [-0.15, -0.1) is 0 Å². The first-order valence-electron chi connectivity index (χ1n) is 7.79. The maximum atomic E-state index is 12.6. The van der Waals surface area contributed by atoms with Gasteiger partial charge < -0.3 is 9.47 Å². The van der Waals surface area contributed by atoms with Crippen molar-refractivity contribution in [1.29, 1.82) is 0 Å². The van der Waals surface area contributed by atoms with Crippen LogP contribution in [0.5, 0.6) is 0 Å². The van der Waals surface area contributed by atoms with E-state index in [0.29, 0.717) is 11.9 Å². The molecule has 1 saturated heterocycles. The fourth-order valence-corrected chi connectivity index (χ4v) is 3.77. The largest absolute Gasteiger partial charge is 0.338 e. The Morgan fingerprint density at radius 3 is 2.80 bits per heavy atom.